The van der Waals surface area contributed by atoms with Crippen molar-refractivity contribution in [2.75, 3.05) is 81.9 Å². The van der Waals surface area contributed by atoms with Crippen LogP contribution in [0, 0.1) is 41.5 Å². The summed E-state index contributed by atoms with van der Waals surface area (Å²) in [5, 5.41) is 0. The molecule has 0 spiro atoms. The lowest BCUT2D eigenvalue weighted by molar-refractivity contribution is -0.141. The second-order valence-corrected chi connectivity index (χ2v) is 24.3. The van der Waals surface area contributed by atoms with Gasteiger partial charge in [0.05, 0.1) is 81.2 Å². The molecule has 8 rings (SSSR count). The summed E-state index contributed by atoms with van der Waals surface area (Å²) in [6.45, 7) is 21.7. The molecule has 0 N–H and O–H groups in total. The molecule has 3 heterocycles. The van der Waals surface area contributed by atoms with E-state index in [0.29, 0.717) is 118 Å². The van der Waals surface area contributed by atoms with E-state index in [9.17, 15) is 28.8 Å². The summed E-state index contributed by atoms with van der Waals surface area (Å²) in [6.07, 6.45) is 1.04. The average molecular weight is 1240 g/mol. The van der Waals surface area contributed by atoms with Crippen molar-refractivity contribution in [1.29, 1.82) is 0 Å². The van der Waals surface area contributed by atoms with Gasteiger partial charge in [-0.15, -0.1) is 0 Å². The number of esters is 6. The van der Waals surface area contributed by atoms with Crippen molar-refractivity contribution in [3.05, 3.63) is 173 Å². The molecular weight excluding hydrogens is 1140 g/mol. The van der Waals surface area contributed by atoms with Crippen molar-refractivity contribution in [2.45, 2.75) is 159 Å². The SMILES string of the molecule is COC(=O)CCN1Cc2cccc(c2)CN(CCC(=O)OC)Cc2c(C)c3c(C)c(c2C)CN(CCC(=O)OC)Cc2cccc(c2)CN(CCC(=O)OC)Cc2c(C)c(c(C)c(c2C)CN(CCC(=O)OC)Cc2cccc(c2)CN(CCC(=O)OC)C3)C1. The first-order valence-electron chi connectivity index (χ1n) is 31.4. The third kappa shape index (κ3) is 19.8. The minimum Gasteiger partial charge on any atom is -0.469 e. The van der Waals surface area contributed by atoms with Crippen molar-refractivity contribution < 1.29 is 57.2 Å². The number of rotatable bonds is 18. The van der Waals surface area contributed by atoms with Gasteiger partial charge in [-0.2, -0.15) is 0 Å². The second kappa shape index (κ2) is 34.2. The van der Waals surface area contributed by atoms with E-state index in [4.69, 9.17) is 28.4 Å². The fourth-order valence-electron chi connectivity index (χ4n) is 13.0. The summed E-state index contributed by atoms with van der Waals surface area (Å²) in [5.74, 6) is -1.84. The number of methoxy groups -OCH3 is 6. The van der Waals surface area contributed by atoms with Crippen LogP contribution in [0.3, 0.4) is 0 Å². The molecule has 5 aromatic rings. The molecule has 0 atom stereocenters. The van der Waals surface area contributed by atoms with Gasteiger partial charge in [0.25, 0.3) is 0 Å². The quantitative estimate of drug-likeness (QED) is 0.0598. The third-order valence-electron chi connectivity index (χ3n) is 18.3. The van der Waals surface area contributed by atoms with Gasteiger partial charge in [0, 0.05) is 118 Å². The highest BCUT2D eigenvalue weighted by Gasteiger charge is 2.28. The number of hydrogen-bond acceptors (Lipinski definition) is 18. The Morgan fingerprint density at radius 2 is 0.411 bits per heavy atom. The molecule has 0 amide bonds. The topological polar surface area (TPSA) is 177 Å². The molecule has 0 saturated carbocycles. The number of ether oxygens (including phenoxy) is 6. The highest BCUT2D eigenvalue weighted by atomic mass is 16.5. The van der Waals surface area contributed by atoms with Crippen molar-refractivity contribution in [3.63, 3.8) is 0 Å². The van der Waals surface area contributed by atoms with Gasteiger partial charge >= 0.3 is 35.8 Å². The first kappa shape index (κ1) is 70.1. The summed E-state index contributed by atoms with van der Waals surface area (Å²) >= 11 is 0. The Balaban J connectivity index is 1.57. The lowest BCUT2D eigenvalue weighted by Crippen LogP contribution is -2.31. The first-order valence-corrected chi connectivity index (χ1v) is 31.4. The van der Waals surface area contributed by atoms with Crippen LogP contribution in [0.1, 0.15) is 139 Å². The van der Waals surface area contributed by atoms with Gasteiger partial charge in [-0.25, -0.2) is 0 Å². The molecule has 0 aromatic heterocycles. The van der Waals surface area contributed by atoms with Crippen LogP contribution in [0.2, 0.25) is 0 Å². The highest BCUT2D eigenvalue weighted by Crippen LogP contribution is 2.35. The normalized spacial score (nSPS) is 15.3. The van der Waals surface area contributed by atoms with Crippen LogP contribution in [-0.4, -0.2) is 147 Å². The Bertz CT molecular complexity index is 2740. The van der Waals surface area contributed by atoms with Crippen LogP contribution < -0.4 is 0 Å². The van der Waals surface area contributed by atoms with E-state index in [0.717, 1.165) is 100 Å². The lowest BCUT2D eigenvalue weighted by atomic mass is 9.86. The molecule has 12 bridgehead atoms. The van der Waals surface area contributed by atoms with Gasteiger partial charge < -0.3 is 28.4 Å². The third-order valence-corrected chi connectivity index (χ3v) is 18.3. The Hall–Kier alpha value is -7.32. The minimum absolute atomic E-state index is 0.174. The largest absolute Gasteiger partial charge is 0.469 e. The van der Waals surface area contributed by atoms with E-state index in [-0.39, 0.29) is 74.3 Å². The maximum Gasteiger partial charge on any atom is 0.306 e. The van der Waals surface area contributed by atoms with E-state index < -0.39 is 0 Å². The average Bonchev–Trinajstić information content (AvgIpc) is 0.907. The van der Waals surface area contributed by atoms with Crippen LogP contribution >= 0.6 is 0 Å². The Morgan fingerprint density at radius 1 is 0.267 bits per heavy atom. The maximum atomic E-state index is 13.1. The Labute approximate surface area is 533 Å². The molecule has 0 radical (unpaired) electrons. The molecule has 0 saturated heterocycles. The monoisotopic (exact) mass is 1240 g/mol. The van der Waals surface area contributed by atoms with Crippen LogP contribution in [0.25, 0.3) is 0 Å². The molecular formula is C72H96N6O12. The standard InChI is InChI=1S/C72H96N6O12/c1-49-61-43-73(28-22-67(79)85-7)37-55-16-13-18-57(34-55)40-76(31-25-70(82)88-10)46-64-52(4)65-47-77(32-26-71(83)89-11)41-58-19-14-17-56(35-58)38-74(29-23-68(80)86-8)44-62(49)51(3)63(50(61)2)45-75(30-24-69(81)87-9)39-59-20-15-21-60(36-59)42-78(33-27-72(84)90-12)48-66(53(64)5)54(65)6/h13-21,34-36H,22-33,37-48H2,1-12H3. The maximum absolute atomic E-state index is 13.1. The smallest absolute Gasteiger partial charge is 0.306 e. The number of carbonyl (C=O) groups excluding carboxylic acids is 6. The number of nitrogens with zero attached hydrogens (tertiary/aromatic N) is 6. The van der Waals surface area contributed by atoms with E-state index in [1.54, 1.807) is 0 Å². The van der Waals surface area contributed by atoms with Crippen molar-refractivity contribution in [2.24, 2.45) is 0 Å². The Morgan fingerprint density at radius 3 is 0.544 bits per heavy atom. The van der Waals surface area contributed by atoms with Gasteiger partial charge in [0.2, 0.25) is 0 Å². The van der Waals surface area contributed by atoms with Crippen LogP contribution in [0.15, 0.2) is 72.8 Å². The first-order chi connectivity index (χ1) is 43.2. The fourth-order valence-corrected chi connectivity index (χ4v) is 13.0. The minimum atomic E-state index is -0.306. The van der Waals surface area contributed by atoms with Crippen molar-refractivity contribution in [1.82, 2.24) is 29.4 Å². The summed E-state index contributed by atoms with van der Waals surface area (Å²) in [5.41, 5.74) is 19.7. The number of fused-ring (bicyclic) bond motifs is 12. The van der Waals surface area contributed by atoms with E-state index in [1.807, 2.05) is 0 Å². The molecule has 0 aliphatic carbocycles. The fraction of sp³-hybridized carbons (Fsp3) is 0.500. The molecule has 90 heavy (non-hydrogen) atoms. The molecule has 3 aliphatic rings. The second-order valence-electron chi connectivity index (χ2n) is 24.3. The summed E-state index contributed by atoms with van der Waals surface area (Å²) in [4.78, 5) is 92.7. The zero-order valence-electron chi connectivity index (χ0n) is 55.5. The Kier molecular flexibility index (Phi) is 26.7. The molecule has 5 aromatic carbocycles. The molecule has 18 heteroatoms. The number of benzene rings is 5. The van der Waals surface area contributed by atoms with Gasteiger partial charge in [0.1, 0.15) is 0 Å². The summed E-state index contributed by atoms with van der Waals surface area (Å²) < 4.78 is 31.5. The van der Waals surface area contributed by atoms with Crippen molar-refractivity contribution >= 4 is 35.8 Å². The zero-order chi connectivity index (χ0) is 65.0. The van der Waals surface area contributed by atoms with Gasteiger partial charge in [-0.05, 0) is 142 Å². The number of hydrogen-bond donors (Lipinski definition) is 0. The van der Waals surface area contributed by atoms with E-state index >= 15 is 0 Å². The van der Waals surface area contributed by atoms with Crippen LogP contribution in [0.4, 0.5) is 0 Å². The molecule has 486 valence electrons. The predicted molar refractivity (Wildman–Crippen MR) is 345 cm³/mol. The van der Waals surface area contributed by atoms with Gasteiger partial charge in [-0.1, -0.05) is 72.8 Å². The van der Waals surface area contributed by atoms with Crippen LogP contribution in [-0.2, 0) is 136 Å². The predicted octanol–water partition coefficient (Wildman–Crippen LogP) is 9.56. The molecule has 0 fully saturated rings. The lowest BCUT2D eigenvalue weighted by Gasteiger charge is -2.33. The van der Waals surface area contributed by atoms with Gasteiger partial charge in [0.15, 0.2) is 0 Å². The molecule has 18 nitrogen and oxygen atoms in total. The van der Waals surface area contributed by atoms with Gasteiger partial charge in [-0.3, -0.25) is 58.2 Å². The van der Waals surface area contributed by atoms with Crippen molar-refractivity contribution in [3.8, 4) is 0 Å². The van der Waals surface area contributed by atoms with E-state index in [2.05, 4.69) is 144 Å². The molecule has 0 unspecified atom stereocenters. The summed E-state index contributed by atoms with van der Waals surface area (Å²) in [7, 11) is 8.52. The number of carbonyl (C=O) groups is 6. The van der Waals surface area contributed by atoms with Crippen LogP contribution in [0.5, 0.6) is 0 Å². The highest BCUT2D eigenvalue weighted by molar-refractivity contribution is 5.71. The zero-order valence-corrected chi connectivity index (χ0v) is 55.5. The molecule has 3 aliphatic heterocycles. The van der Waals surface area contributed by atoms with E-state index in [1.165, 1.54) is 42.7 Å². The summed E-state index contributed by atoms with van der Waals surface area (Å²) in [6, 6.07) is 25.7.